The van der Waals surface area contributed by atoms with Crippen molar-refractivity contribution < 1.29 is 5.11 Å². The number of hydrogen-bond donors (Lipinski definition) is 1. The lowest BCUT2D eigenvalue weighted by Crippen LogP contribution is -1.79. The van der Waals surface area contributed by atoms with Gasteiger partial charge in [-0.05, 0) is 24.1 Å². The first kappa shape index (κ1) is 8.15. The molecule has 0 amide bonds. The molecular formula is C9H9ClO. The van der Waals surface area contributed by atoms with E-state index >= 15 is 0 Å². The van der Waals surface area contributed by atoms with Crippen molar-refractivity contribution in [3.63, 3.8) is 0 Å². The van der Waals surface area contributed by atoms with Crippen LogP contribution in [0.1, 0.15) is 5.56 Å². The Hall–Kier alpha value is -0.950. The molecular weight excluding hydrogens is 160 g/mol. The number of rotatable bonds is 2. The van der Waals surface area contributed by atoms with Crippen LogP contribution in [0.3, 0.4) is 0 Å². The monoisotopic (exact) mass is 168 g/mol. The predicted octanol–water partition coefficient (Wildman–Crippen LogP) is 2.77. The number of hydrogen-bond acceptors (Lipinski definition) is 1. The zero-order chi connectivity index (χ0) is 8.27. The largest absolute Gasteiger partial charge is 0.506 e. The molecule has 0 saturated carbocycles. The van der Waals surface area contributed by atoms with Crippen LogP contribution >= 0.6 is 11.6 Å². The average Bonchev–Trinajstić information content (AvgIpc) is 1.98. The number of allylic oxidation sites excluding steroid dienone is 1. The fourth-order valence-electron chi connectivity index (χ4n) is 0.844. The highest BCUT2D eigenvalue weighted by atomic mass is 35.5. The molecule has 0 heterocycles. The molecule has 0 spiro atoms. The lowest BCUT2D eigenvalue weighted by atomic mass is 10.1. The van der Waals surface area contributed by atoms with Crippen LogP contribution in [0.5, 0.6) is 5.75 Å². The van der Waals surface area contributed by atoms with E-state index in [4.69, 9.17) is 16.7 Å². The Morgan fingerprint density at radius 1 is 1.55 bits per heavy atom. The van der Waals surface area contributed by atoms with Crippen molar-refractivity contribution in [1.29, 1.82) is 0 Å². The number of phenols is 1. The highest BCUT2D eigenvalue weighted by Crippen LogP contribution is 2.23. The fourth-order valence-corrected chi connectivity index (χ4v) is 1.05. The molecule has 0 aliphatic rings. The normalized spacial score (nSPS) is 9.55. The molecule has 1 aromatic rings. The summed E-state index contributed by atoms with van der Waals surface area (Å²) >= 11 is 5.67. The Morgan fingerprint density at radius 3 is 2.82 bits per heavy atom. The van der Waals surface area contributed by atoms with E-state index in [0.717, 1.165) is 12.0 Å². The Balaban J connectivity index is 2.95. The lowest BCUT2D eigenvalue weighted by Gasteiger charge is -1.98. The first-order chi connectivity index (χ1) is 5.24. The molecule has 0 aliphatic carbocycles. The van der Waals surface area contributed by atoms with Crippen LogP contribution in [0.2, 0.25) is 5.02 Å². The Bertz CT molecular complexity index is 268. The van der Waals surface area contributed by atoms with E-state index in [1.54, 1.807) is 18.2 Å². The molecule has 1 nitrogen and oxygen atoms in total. The van der Waals surface area contributed by atoms with Gasteiger partial charge in [0.2, 0.25) is 0 Å². The minimum absolute atomic E-state index is 0.125. The minimum atomic E-state index is 0.125. The third-order valence-electron chi connectivity index (χ3n) is 1.39. The van der Waals surface area contributed by atoms with Crippen LogP contribution in [0, 0.1) is 0 Å². The smallest absolute Gasteiger partial charge is 0.134 e. The van der Waals surface area contributed by atoms with Gasteiger partial charge < -0.3 is 5.11 Å². The topological polar surface area (TPSA) is 20.2 Å². The third-order valence-corrected chi connectivity index (χ3v) is 1.69. The predicted molar refractivity (Wildman–Crippen MR) is 47.0 cm³/mol. The van der Waals surface area contributed by atoms with E-state index < -0.39 is 0 Å². The van der Waals surface area contributed by atoms with Crippen molar-refractivity contribution in [3.8, 4) is 5.75 Å². The molecule has 11 heavy (non-hydrogen) atoms. The number of benzene rings is 1. The van der Waals surface area contributed by atoms with Gasteiger partial charge in [-0.1, -0.05) is 23.7 Å². The van der Waals surface area contributed by atoms with Crippen LogP contribution < -0.4 is 0 Å². The van der Waals surface area contributed by atoms with E-state index in [-0.39, 0.29) is 5.75 Å². The summed E-state index contributed by atoms with van der Waals surface area (Å²) in [5.74, 6) is 0.125. The van der Waals surface area contributed by atoms with Crippen LogP contribution in [0.25, 0.3) is 0 Å². The van der Waals surface area contributed by atoms with Crippen molar-refractivity contribution >= 4 is 11.6 Å². The maximum atomic E-state index is 9.05. The van der Waals surface area contributed by atoms with E-state index in [1.165, 1.54) is 0 Å². The second-order valence-electron chi connectivity index (χ2n) is 2.28. The molecule has 1 N–H and O–H groups in total. The summed E-state index contributed by atoms with van der Waals surface area (Å²) < 4.78 is 0. The first-order valence-electron chi connectivity index (χ1n) is 3.32. The molecule has 0 radical (unpaired) electrons. The van der Waals surface area contributed by atoms with Crippen molar-refractivity contribution in [2.75, 3.05) is 0 Å². The molecule has 0 aliphatic heterocycles. The van der Waals surface area contributed by atoms with E-state index in [1.807, 2.05) is 6.07 Å². The molecule has 58 valence electrons. The average molecular weight is 169 g/mol. The van der Waals surface area contributed by atoms with E-state index in [0.29, 0.717) is 5.02 Å². The van der Waals surface area contributed by atoms with Crippen LogP contribution in [0.15, 0.2) is 30.9 Å². The van der Waals surface area contributed by atoms with Gasteiger partial charge in [-0.15, -0.1) is 6.58 Å². The molecule has 0 bridgehead atoms. The third kappa shape index (κ3) is 1.99. The highest BCUT2D eigenvalue weighted by Gasteiger charge is 1.97. The second kappa shape index (κ2) is 3.44. The van der Waals surface area contributed by atoms with Gasteiger partial charge in [0.1, 0.15) is 5.75 Å². The molecule has 0 aromatic heterocycles. The van der Waals surface area contributed by atoms with Gasteiger partial charge in [0, 0.05) is 0 Å². The van der Waals surface area contributed by atoms with Gasteiger partial charge in [0.05, 0.1) is 5.02 Å². The Labute approximate surface area is 70.9 Å². The summed E-state index contributed by atoms with van der Waals surface area (Å²) in [6.45, 7) is 3.60. The maximum absolute atomic E-state index is 9.05. The summed E-state index contributed by atoms with van der Waals surface area (Å²) in [5.41, 5.74) is 1.06. The summed E-state index contributed by atoms with van der Waals surface area (Å²) in [6.07, 6.45) is 2.57. The quantitative estimate of drug-likeness (QED) is 0.674. The highest BCUT2D eigenvalue weighted by molar-refractivity contribution is 6.32. The Morgan fingerprint density at radius 2 is 2.27 bits per heavy atom. The molecule has 1 aromatic carbocycles. The summed E-state index contributed by atoms with van der Waals surface area (Å²) in [6, 6.07) is 5.14. The van der Waals surface area contributed by atoms with Gasteiger partial charge in [0.25, 0.3) is 0 Å². The van der Waals surface area contributed by atoms with Gasteiger partial charge in [-0.3, -0.25) is 0 Å². The number of phenolic OH excluding ortho intramolecular Hbond substituents is 1. The minimum Gasteiger partial charge on any atom is -0.506 e. The first-order valence-corrected chi connectivity index (χ1v) is 3.70. The SMILES string of the molecule is C=CCc1ccc(O)c(Cl)c1. The van der Waals surface area contributed by atoms with Gasteiger partial charge in [-0.2, -0.15) is 0 Å². The zero-order valence-electron chi connectivity index (χ0n) is 6.05. The van der Waals surface area contributed by atoms with Crippen LogP contribution in [-0.2, 0) is 6.42 Å². The number of aromatic hydroxyl groups is 1. The standard InChI is InChI=1S/C9H9ClO/c1-2-3-7-4-5-9(11)8(10)6-7/h2,4-6,11H,1,3H2. The zero-order valence-corrected chi connectivity index (χ0v) is 6.80. The second-order valence-corrected chi connectivity index (χ2v) is 2.69. The van der Waals surface area contributed by atoms with Crippen LogP contribution in [0.4, 0.5) is 0 Å². The van der Waals surface area contributed by atoms with Crippen molar-refractivity contribution in [2.45, 2.75) is 6.42 Å². The van der Waals surface area contributed by atoms with Gasteiger partial charge >= 0.3 is 0 Å². The van der Waals surface area contributed by atoms with Gasteiger partial charge in [0.15, 0.2) is 0 Å². The summed E-state index contributed by atoms with van der Waals surface area (Å²) in [4.78, 5) is 0. The van der Waals surface area contributed by atoms with Crippen molar-refractivity contribution in [1.82, 2.24) is 0 Å². The molecule has 0 saturated heterocycles. The molecule has 2 heteroatoms. The van der Waals surface area contributed by atoms with Gasteiger partial charge in [-0.25, -0.2) is 0 Å². The van der Waals surface area contributed by atoms with Crippen molar-refractivity contribution in [2.24, 2.45) is 0 Å². The van der Waals surface area contributed by atoms with E-state index in [2.05, 4.69) is 6.58 Å². The van der Waals surface area contributed by atoms with Crippen LogP contribution in [-0.4, -0.2) is 5.11 Å². The number of halogens is 1. The van der Waals surface area contributed by atoms with Crippen molar-refractivity contribution in [3.05, 3.63) is 41.4 Å². The molecule has 0 fully saturated rings. The molecule has 0 unspecified atom stereocenters. The fraction of sp³-hybridized carbons (Fsp3) is 0.111. The molecule has 1 rings (SSSR count). The lowest BCUT2D eigenvalue weighted by molar-refractivity contribution is 0.475. The summed E-state index contributed by atoms with van der Waals surface area (Å²) in [5, 5.41) is 9.45. The Kier molecular flexibility index (Phi) is 2.55. The summed E-state index contributed by atoms with van der Waals surface area (Å²) in [7, 11) is 0. The van der Waals surface area contributed by atoms with E-state index in [9.17, 15) is 0 Å². The maximum Gasteiger partial charge on any atom is 0.134 e. The molecule has 0 atom stereocenters.